The lowest BCUT2D eigenvalue weighted by Crippen LogP contribution is -2.19. The van der Waals surface area contributed by atoms with Crippen LogP contribution < -0.4 is 5.32 Å². The lowest BCUT2D eigenvalue weighted by atomic mass is 9.98. The molecule has 0 radical (unpaired) electrons. The standard InChI is InChI=1S/C14H15BrFNS/c1-9-3-4-10(16)7-11(9)13(17-2)8-14-12(15)5-6-18-14/h3-7,13,17H,8H2,1-2H3. The number of halogens is 2. The average molecular weight is 328 g/mol. The molecule has 0 bridgehead atoms. The zero-order valence-corrected chi connectivity index (χ0v) is 12.7. The molecule has 1 N–H and O–H groups in total. The van der Waals surface area contributed by atoms with Crippen LogP contribution >= 0.6 is 27.3 Å². The topological polar surface area (TPSA) is 12.0 Å². The number of likely N-dealkylation sites (N-methyl/N-ethyl adjacent to an activating group) is 1. The molecule has 1 unspecified atom stereocenters. The highest BCUT2D eigenvalue weighted by Gasteiger charge is 2.15. The van der Waals surface area contributed by atoms with E-state index in [-0.39, 0.29) is 11.9 Å². The zero-order chi connectivity index (χ0) is 13.1. The van der Waals surface area contributed by atoms with Crippen molar-refractivity contribution < 1.29 is 4.39 Å². The van der Waals surface area contributed by atoms with E-state index in [1.165, 1.54) is 10.9 Å². The van der Waals surface area contributed by atoms with E-state index in [2.05, 4.69) is 26.6 Å². The van der Waals surface area contributed by atoms with Gasteiger partial charge < -0.3 is 5.32 Å². The Balaban J connectivity index is 2.28. The summed E-state index contributed by atoms with van der Waals surface area (Å²) in [5.74, 6) is -0.180. The van der Waals surface area contributed by atoms with Gasteiger partial charge in [-0.05, 0) is 64.6 Å². The molecule has 2 rings (SSSR count). The van der Waals surface area contributed by atoms with Gasteiger partial charge >= 0.3 is 0 Å². The molecular formula is C14H15BrFNS. The van der Waals surface area contributed by atoms with Crippen molar-refractivity contribution in [2.24, 2.45) is 0 Å². The smallest absolute Gasteiger partial charge is 0.123 e. The van der Waals surface area contributed by atoms with Gasteiger partial charge in [-0.2, -0.15) is 0 Å². The second-order valence-electron chi connectivity index (χ2n) is 4.24. The predicted octanol–water partition coefficient (Wildman–Crippen LogP) is 4.46. The first-order chi connectivity index (χ1) is 8.61. The van der Waals surface area contributed by atoms with Crippen molar-refractivity contribution in [3.05, 3.63) is 55.9 Å². The normalized spacial score (nSPS) is 12.7. The summed E-state index contributed by atoms with van der Waals surface area (Å²) in [6.07, 6.45) is 0.860. The van der Waals surface area contributed by atoms with Crippen molar-refractivity contribution in [2.45, 2.75) is 19.4 Å². The summed E-state index contributed by atoms with van der Waals surface area (Å²) in [6, 6.07) is 7.14. The fourth-order valence-corrected chi connectivity index (χ4v) is 3.57. The molecule has 4 heteroatoms. The van der Waals surface area contributed by atoms with Crippen molar-refractivity contribution in [3.8, 4) is 0 Å². The third-order valence-electron chi connectivity index (χ3n) is 3.05. The summed E-state index contributed by atoms with van der Waals surface area (Å²) in [6.45, 7) is 2.02. The minimum Gasteiger partial charge on any atom is -0.313 e. The summed E-state index contributed by atoms with van der Waals surface area (Å²) < 4.78 is 14.5. The fraction of sp³-hybridized carbons (Fsp3) is 0.286. The first kappa shape index (κ1) is 13.7. The maximum Gasteiger partial charge on any atom is 0.123 e. The van der Waals surface area contributed by atoms with Crippen molar-refractivity contribution >= 4 is 27.3 Å². The lowest BCUT2D eigenvalue weighted by molar-refractivity contribution is 0.577. The number of thiophene rings is 1. The summed E-state index contributed by atoms with van der Waals surface area (Å²) >= 11 is 5.26. The average Bonchev–Trinajstić information content (AvgIpc) is 2.75. The van der Waals surface area contributed by atoms with E-state index in [9.17, 15) is 4.39 Å². The molecule has 1 atom stereocenters. The Morgan fingerprint density at radius 1 is 1.39 bits per heavy atom. The number of hydrogen-bond acceptors (Lipinski definition) is 2. The van der Waals surface area contributed by atoms with E-state index >= 15 is 0 Å². The Bertz CT molecular complexity index is 538. The van der Waals surface area contributed by atoms with Crippen LogP contribution in [0.25, 0.3) is 0 Å². The molecular weight excluding hydrogens is 313 g/mol. The van der Waals surface area contributed by atoms with Gasteiger partial charge in [-0.15, -0.1) is 11.3 Å². The minimum atomic E-state index is -0.180. The van der Waals surface area contributed by atoms with Gasteiger partial charge in [-0.25, -0.2) is 4.39 Å². The Morgan fingerprint density at radius 2 is 2.17 bits per heavy atom. The molecule has 0 saturated heterocycles. The summed E-state index contributed by atoms with van der Waals surface area (Å²) in [5.41, 5.74) is 2.14. The van der Waals surface area contributed by atoms with Crippen LogP contribution in [0.1, 0.15) is 22.0 Å². The maximum atomic E-state index is 13.4. The van der Waals surface area contributed by atoms with E-state index in [1.807, 2.05) is 26.1 Å². The molecule has 0 aliphatic carbocycles. The Morgan fingerprint density at radius 3 is 2.78 bits per heavy atom. The van der Waals surface area contributed by atoms with Gasteiger partial charge in [0, 0.05) is 21.8 Å². The van der Waals surface area contributed by atoms with Crippen molar-refractivity contribution in [2.75, 3.05) is 7.05 Å². The van der Waals surface area contributed by atoms with Gasteiger partial charge in [0.05, 0.1) is 0 Å². The number of benzene rings is 1. The molecule has 0 amide bonds. The van der Waals surface area contributed by atoms with Crippen LogP contribution in [-0.2, 0) is 6.42 Å². The van der Waals surface area contributed by atoms with Crippen LogP contribution in [0.3, 0.4) is 0 Å². The second-order valence-corrected chi connectivity index (χ2v) is 6.09. The van der Waals surface area contributed by atoms with Crippen LogP contribution in [0.5, 0.6) is 0 Å². The molecule has 1 nitrogen and oxygen atoms in total. The minimum absolute atomic E-state index is 0.135. The van der Waals surface area contributed by atoms with E-state index in [4.69, 9.17) is 0 Å². The number of hydrogen-bond donors (Lipinski definition) is 1. The first-order valence-electron chi connectivity index (χ1n) is 5.77. The zero-order valence-electron chi connectivity index (χ0n) is 10.3. The van der Waals surface area contributed by atoms with Crippen molar-refractivity contribution in [1.82, 2.24) is 5.32 Å². The van der Waals surface area contributed by atoms with Crippen LogP contribution in [0.4, 0.5) is 4.39 Å². The van der Waals surface area contributed by atoms with Gasteiger partial charge in [-0.1, -0.05) is 6.07 Å². The Labute approximate surface area is 119 Å². The fourth-order valence-electron chi connectivity index (χ4n) is 2.01. The third kappa shape index (κ3) is 2.99. The van der Waals surface area contributed by atoms with E-state index < -0.39 is 0 Å². The summed E-state index contributed by atoms with van der Waals surface area (Å²) in [4.78, 5) is 1.28. The first-order valence-corrected chi connectivity index (χ1v) is 7.44. The summed E-state index contributed by atoms with van der Waals surface area (Å²) in [7, 11) is 1.91. The van der Waals surface area contributed by atoms with Gasteiger partial charge in [-0.3, -0.25) is 0 Å². The molecule has 0 spiro atoms. The maximum absolute atomic E-state index is 13.4. The largest absolute Gasteiger partial charge is 0.313 e. The van der Waals surface area contributed by atoms with Crippen LogP contribution in [0, 0.1) is 12.7 Å². The molecule has 96 valence electrons. The van der Waals surface area contributed by atoms with Gasteiger partial charge in [0.2, 0.25) is 0 Å². The monoisotopic (exact) mass is 327 g/mol. The van der Waals surface area contributed by atoms with Gasteiger partial charge in [0.15, 0.2) is 0 Å². The van der Waals surface area contributed by atoms with Crippen molar-refractivity contribution in [3.63, 3.8) is 0 Å². The van der Waals surface area contributed by atoms with E-state index in [1.54, 1.807) is 17.4 Å². The highest BCUT2D eigenvalue weighted by molar-refractivity contribution is 9.10. The molecule has 18 heavy (non-hydrogen) atoms. The molecule has 1 aromatic carbocycles. The highest BCUT2D eigenvalue weighted by Crippen LogP contribution is 2.29. The highest BCUT2D eigenvalue weighted by atomic mass is 79.9. The Kier molecular flexibility index (Phi) is 4.54. The van der Waals surface area contributed by atoms with Gasteiger partial charge in [0.25, 0.3) is 0 Å². The number of nitrogens with one attached hydrogen (secondary N) is 1. The van der Waals surface area contributed by atoms with E-state index in [0.29, 0.717) is 0 Å². The number of rotatable bonds is 4. The van der Waals surface area contributed by atoms with Crippen LogP contribution in [0.15, 0.2) is 34.1 Å². The van der Waals surface area contributed by atoms with E-state index in [0.717, 1.165) is 22.0 Å². The van der Waals surface area contributed by atoms with Gasteiger partial charge in [0.1, 0.15) is 5.82 Å². The molecule has 1 aromatic heterocycles. The molecule has 0 fully saturated rings. The SMILES string of the molecule is CNC(Cc1sccc1Br)c1cc(F)ccc1C. The predicted molar refractivity (Wildman–Crippen MR) is 78.7 cm³/mol. The molecule has 1 heterocycles. The molecule has 0 aliphatic heterocycles. The molecule has 0 aliphatic rings. The second kappa shape index (κ2) is 5.95. The Hall–Kier alpha value is -0.710. The summed E-state index contributed by atoms with van der Waals surface area (Å²) in [5, 5.41) is 5.33. The van der Waals surface area contributed by atoms with Crippen molar-refractivity contribution in [1.29, 1.82) is 0 Å². The van der Waals surface area contributed by atoms with Crippen LogP contribution in [0.2, 0.25) is 0 Å². The molecule has 2 aromatic rings. The van der Waals surface area contributed by atoms with Crippen LogP contribution in [-0.4, -0.2) is 7.05 Å². The lowest BCUT2D eigenvalue weighted by Gasteiger charge is -2.18. The third-order valence-corrected chi connectivity index (χ3v) is 4.99. The molecule has 0 saturated carbocycles. The quantitative estimate of drug-likeness (QED) is 0.874. The number of aryl methyl sites for hydroxylation is 1.